The van der Waals surface area contributed by atoms with Crippen LogP contribution < -0.4 is 16.2 Å². The summed E-state index contributed by atoms with van der Waals surface area (Å²) in [4.78, 5) is 6.62. The third-order valence-corrected chi connectivity index (χ3v) is 3.29. The van der Waals surface area contributed by atoms with Crippen LogP contribution in [0.1, 0.15) is 12.5 Å². The Morgan fingerprint density at radius 2 is 2.32 bits per heavy atom. The van der Waals surface area contributed by atoms with Crippen molar-refractivity contribution in [3.05, 3.63) is 29.8 Å². The predicted molar refractivity (Wildman–Crippen MR) is 78.2 cm³/mol. The van der Waals surface area contributed by atoms with Gasteiger partial charge in [0.05, 0.1) is 13.2 Å². The van der Waals surface area contributed by atoms with Gasteiger partial charge in [0.15, 0.2) is 0 Å². The molecule has 0 radical (unpaired) electrons. The van der Waals surface area contributed by atoms with Crippen LogP contribution in [0.4, 0.5) is 5.69 Å². The number of anilines is 1. The molecule has 3 N–H and O–H groups in total. The molecule has 1 aliphatic heterocycles. The molecule has 0 spiro atoms. The lowest BCUT2D eigenvalue weighted by Gasteiger charge is -2.34. The van der Waals surface area contributed by atoms with Crippen LogP contribution in [0.5, 0.6) is 0 Å². The van der Waals surface area contributed by atoms with Crippen LogP contribution in [-0.2, 0) is 11.2 Å². The first-order valence-electron chi connectivity index (χ1n) is 6.61. The second kappa shape index (κ2) is 6.54. The molecule has 1 heterocycles. The van der Waals surface area contributed by atoms with E-state index in [1.54, 1.807) is 7.11 Å². The monoisotopic (exact) mass is 262 g/mol. The van der Waals surface area contributed by atoms with Gasteiger partial charge < -0.3 is 9.64 Å². The summed E-state index contributed by atoms with van der Waals surface area (Å²) in [6.45, 7) is 4.36. The number of nitrogens with one attached hydrogen (secondary N) is 1. The number of rotatable bonds is 3. The van der Waals surface area contributed by atoms with E-state index in [1.165, 1.54) is 11.3 Å². The Kier molecular flexibility index (Phi) is 4.76. The molecular formula is C14H22N4O. The third-order valence-electron chi connectivity index (χ3n) is 3.29. The zero-order valence-electron chi connectivity index (χ0n) is 11.6. The van der Waals surface area contributed by atoms with Crippen molar-refractivity contribution in [3.8, 4) is 0 Å². The third kappa shape index (κ3) is 3.24. The van der Waals surface area contributed by atoms with Crippen LogP contribution in [0.2, 0.25) is 0 Å². The van der Waals surface area contributed by atoms with Crippen LogP contribution in [0.25, 0.3) is 0 Å². The fraction of sp³-hybridized carbons (Fsp3) is 0.500. The molecule has 1 aromatic carbocycles. The first-order valence-corrected chi connectivity index (χ1v) is 6.61. The summed E-state index contributed by atoms with van der Waals surface area (Å²) in [6.07, 6.45) is 1.10. The number of guanidine groups is 1. The SMILES string of the molecule is COCCN=C(NN)N1CC(C)Cc2ccccc21. The maximum atomic E-state index is 5.63. The number of aliphatic imine (C=N–C) groups is 1. The highest BCUT2D eigenvalue weighted by Crippen LogP contribution is 2.29. The average molecular weight is 262 g/mol. The number of hydrazine groups is 1. The van der Waals surface area contributed by atoms with Crippen molar-refractivity contribution in [2.45, 2.75) is 13.3 Å². The fourth-order valence-electron chi connectivity index (χ4n) is 2.45. The Labute approximate surface area is 114 Å². The molecule has 0 aliphatic carbocycles. The Morgan fingerprint density at radius 1 is 1.53 bits per heavy atom. The van der Waals surface area contributed by atoms with E-state index in [1.807, 2.05) is 6.07 Å². The number of hydrogen-bond donors (Lipinski definition) is 2. The molecule has 0 saturated heterocycles. The van der Waals surface area contributed by atoms with Gasteiger partial charge in [0, 0.05) is 19.3 Å². The first kappa shape index (κ1) is 13.8. The standard InChI is InChI=1S/C14H22N4O/c1-11-9-12-5-3-4-6-13(12)18(10-11)14(17-15)16-7-8-19-2/h3-6,11H,7-10,15H2,1-2H3,(H,16,17). The van der Waals surface area contributed by atoms with Gasteiger partial charge in [-0.2, -0.15) is 0 Å². The molecule has 0 aromatic heterocycles. The maximum Gasteiger partial charge on any atom is 0.213 e. The minimum Gasteiger partial charge on any atom is -0.383 e. The molecule has 0 bridgehead atoms. The fourth-order valence-corrected chi connectivity index (χ4v) is 2.45. The minimum atomic E-state index is 0.580. The Hall–Kier alpha value is -1.59. The second-order valence-electron chi connectivity index (χ2n) is 4.89. The van der Waals surface area contributed by atoms with Crippen LogP contribution >= 0.6 is 0 Å². The van der Waals surface area contributed by atoms with Crippen molar-refractivity contribution in [1.82, 2.24) is 5.43 Å². The quantitative estimate of drug-likeness (QED) is 0.282. The summed E-state index contributed by atoms with van der Waals surface area (Å²) in [6, 6.07) is 8.41. The molecule has 2 rings (SSSR count). The highest BCUT2D eigenvalue weighted by atomic mass is 16.5. The normalized spacial score (nSPS) is 19.2. The van der Waals surface area contributed by atoms with Crippen molar-refractivity contribution in [3.63, 3.8) is 0 Å². The predicted octanol–water partition coefficient (Wildman–Crippen LogP) is 1.15. The second-order valence-corrected chi connectivity index (χ2v) is 4.89. The molecule has 1 unspecified atom stereocenters. The Balaban J connectivity index is 2.25. The molecule has 1 atom stereocenters. The maximum absolute atomic E-state index is 5.63. The van der Waals surface area contributed by atoms with E-state index < -0.39 is 0 Å². The summed E-state index contributed by atoms with van der Waals surface area (Å²) in [7, 11) is 1.67. The van der Waals surface area contributed by atoms with Crippen LogP contribution in [0.3, 0.4) is 0 Å². The van der Waals surface area contributed by atoms with E-state index in [9.17, 15) is 0 Å². The molecule has 5 heteroatoms. The van der Waals surface area contributed by atoms with Crippen molar-refractivity contribution in [2.24, 2.45) is 16.8 Å². The van der Waals surface area contributed by atoms with Gasteiger partial charge in [0.25, 0.3) is 0 Å². The lowest BCUT2D eigenvalue weighted by molar-refractivity contribution is 0.208. The number of nitrogens with zero attached hydrogens (tertiary/aromatic N) is 2. The molecule has 0 amide bonds. The summed E-state index contributed by atoms with van der Waals surface area (Å²) < 4.78 is 5.02. The van der Waals surface area contributed by atoms with Crippen molar-refractivity contribution < 1.29 is 4.74 Å². The van der Waals surface area contributed by atoms with E-state index in [-0.39, 0.29) is 0 Å². The van der Waals surface area contributed by atoms with Gasteiger partial charge in [0.2, 0.25) is 5.96 Å². The smallest absolute Gasteiger partial charge is 0.213 e. The highest BCUT2D eigenvalue weighted by Gasteiger charge is 2.24. The van der Waals surface area contributed by atoms with Gasteiger partial charge in [-0.3, -0.25) is 5.43 Å². The van der Waals surface area contributed by atoms with Crippen molar-refractivity contribution >= 4 is 11.6 Å². The van der Waals surface area contributed by atoms with Gasteiger partial charge in [-0.1, -0.05) is 25.1 Å². The summed E-state index contributed by atoms with van der Waals surface area (Å²) >= 11 is 0. The van der Waals surface area contributed by atoms with E-state index in [4.69, 9.17) is 10.6 Å². The van der Waals surface area contributed by atoms with E-state index in [0.29, 0.717) is 25.0 Å². The molecule has 1 aliphatic rings. The van der Waals surface area contributed by atoms with E-state index in [0.717, 1.165) is 13.0 Å². The lowest BCUT2D eigenvalue weighted by atomic mass is 9.94. The lowest BCUT2D eigenvalue weighted by Crippen LogP contribution is -2.49. The average Bonchev–Trinajstić information content (AvgIpc) is 2.43. The molecule has 0 saturated carbocycles. The summed E-state index contributed by atoms with van der Waals surface area (Å²) in [5.74, 6) is 6.91. The Bertz CT molecular complexity index is 447. The zero-order chi connectivity index (χ0) is 13.7. The zero-order valence-corrected chi connectivity index (χ0v) is 11.6. The van der Waals surface area contributed by atoms with Gasteiger partial charge in [-0.25, -0.2) is 10.8 Å². The number of ether oxygens (including phenoxy) is 1. The molecule has 104 valence electrons. The number of hydrogen-bond acceptors (Lipinski definition) is 3. The van der Waals surface area contributed by atoms with Crippen molar-refractivity contribution in [2.75, 3.05) is 31.7 Å². The molecular weight excluding hydrogens is 240 g/mol. The molecule has 19 heavy (non-hydrogen) atoms. The molecule has 1 aromatic rings. The number of benzene rings is 1. The summed E-state index contributed by atoms with van der Waals surface area (Å²) in [5, 5.41) is 0. The van der Waals surface area contributed by atoms with Gasteiger partial charge >= 0.3 is 0 Å². The Morgan fingerprint density at radius 3 is 3.05 bits per heavy atom. The van der Waals surface area contributed by atoms with E-state index in [2.05, 4.69) is 40.4 Å². The number of para-hydroxylation sites is 1. The van der Waals surface area contributed by atoms with Gasteiger partial charge in [-0.05, 0) is 24.0 Å². The van der Waals surface area contributed by atoms with Gasteiger partial charge in [0.1, 0.15) is 0 Å². The number of fused-ring (bicyclic) bond motifs is 1. The molecule has 5 nitrogen and oxygen atoms in total. The van der Waals surface area contributed by atoms with Crippen LogP contribution in [-0.4, -0.2) is 32.8 Å². The van der Waals surface area contributed by atoms with E-state index >= 15 is 0 Å². The van der Waals surface area contributed by atoms with Crippen molar-refractivity contribution in [1.29, 1.82) is 0 Å². The minimum absolute atomic E-state index is 0.580. The largest absolute Gasteiger partial charge is 0.383 e. The van der Waals surface area contributed by atoms with Gasteiger partial charge in [-0.15, -0.1) is 0 Å². The first-order chi connectivity index (χ1) is 9.26. The topological polar surface area (TPSA) is 62.9 Å². The highest BCUT2D eigenvalue weighted by molar-refractivity contribution is 5.96. The van der Waals surface area contributed by atoms with Crippen LogP contribution in [0.15, 0.2) is 29.3 Å². The molecule has 0 fully saturated rings. The number of methoxy groups -OCH3 is 1. The number of nitrogens with two attached hydrogens (primary N) is 1. The summed E-state index contributed by atoms with van der Waals surface area (Å²) in [5.41, 5.74) is 5.25. The van der Waals surface area contributed by atoms with Crippen LogP contribution in [0, 0.1) is 5.92 Å².